The number of hydrogen-bond acceptors (Lipinski definition) is 7. The van der Waals surface area contributed by atoms with Gasteiger partial charge in [0.1, 0.15) is 5.52 Å². The van der Waals surface area contributed by atoms with E-state index in [0.29, 0.717) is 59.5 Å². The molecule has 6 rings (SSSR count). The number of ether oxygens (including phenoxy) is 1. The van der Waals surface area contributed by atoms with Gasteiger partial charge in [-0.2, -0.15) is 0 Å². The number of para-hydroxylation sites is 1. The van der Waals surface area contributed by atoms with Crippen LogP contribution in [0.2, 0.25) is 5.02 Å². The number of nitrogens with zero attached hydrogens (tertiary/aromatic N) is 5. The third-order valence-corrected chi connectivity index (χ3v) is 6.25. The molecule has 3 aromatic heterocycles. The zero-order valence-electron chi connectivity index (χ0n) is 17.8. The molecule has 1 fully saturated rings. The van der Waals surface area contributed by atoms with E-state index >= 15 is 0 Å². The molecule has 9 nitrogen and oxygen atoms in total. The number of anilines is 1. The molecule has 10 heteroatoms. The van der Waals surface area contributed by atoms with Crippen molar-refractivity contribution in [1.29, 1.82) is 0 Å². The van der Waals surface area contributed by atoms with Gasteiger partial charge in [-0.15, -0.1) is 0 Å². The second-order valence-corrected chi connectivity index (χ2v) is 8.28. The first-order chi connectivity index (χ1) is 16.6. The Morgan fingerprint density at radius 1 is 1.12 bits per heavy atom. The Bertz CT molecular complexity index is 1540. The standard InChI is InChI=1S/C24H18ClN5O4/c25-17-3-1-2-15-18(4-5-27-21(15)17)30-19-11-14(29-6-8-33-9-7-29)10-16(24(31)32)22(19)28-23(30)20-12-26-13-34-20/h1-5,10-13H,6-9H2,(H,31,32). The van der Waals surface area contributed by atoms with Crippen molar-refractivity contribution in [1.82, 2.24) is 19.5 Å². The van der Waals surface area contributed by atoms with Crippen molar-refractivity contribution in [2.24, 2.45) is 0 Å². The van der Waals surface area contributed by atoms with E-state index < -0.39 is 5.97 Å². The van der Waals surface area contributed by atoms with Crippen LogP contribution in [0.25, 0.3) is 39.2 Å². The van der Waals surface area contributed by atoms with Crippen molar-refractivity contribution < 1.29 is 19.1 Å². The van der Waals surface area contributed by atoms with Gasteiger partial charge in [0, 0.05) is 30.4 Å². The number of aromatic carboxylic acids is 1. The molecule has 1 aliphatic rings. The summed E-state index contributed by atoms with van der Waals surface area (Å²) in [5.41, 5.74) is 3.25. The highest BCUT2D eigenvalue weighted by Gasteiger charge is 2.25. The fourth-order valence-electron chi connectivity index (χ4n) is 4.39. The first kappa shape index (κ1) is 20.6. The van der Waals surface area contributed by atoms with Gasteiger partial charge in [0.15, 0.2) is 18.0 Å². The van der Waals surface area contributed by atoms with Crippen LogP contribution in [-0.2, 0) is 4.74 Å². The molecular formula is C24H18ClN5O4. The number of imidazole rings is 1. The zero-order valence-corrected chi connectivity index (χ0v) is 18.6. The van der Waals surface area contributed by atoms with Crippen LogP contribution in [0.5, 0.6) is 0 Å². The number of pyridine rings is 1. The van der Waals surface area contributed by atoms with Crippen LogP contribution in [0, 0.1) is 0 Å². The number of halogens is 1. The molecule has 0 bridgehead atoms. The van der Waals surface area contributed by atoms with Crippen molar-refractivity contribution >= 4 is 45.2 Å². The number of aromatic nitrogens is 4. The van der Waals surface area contributed by atoms with Gasteiger partial charge in [-0.1, -0.05) is 23.7 Å². The number of benzene rings is 2. The van der Waals surface area contributed by atoms with Crippen LogP contribution in [-0.4, -0.2) is 56.9 Å². The molecule has 170 valence electrons. The fraction of sp³-hybridized carbons (Fsp3) is 0.167. The Morgan fingerprint density at radius 3 is 2.74 bits per heavy atom. The molecule has 0 radical (unpaired) electrons. The Labute approximate surface area is 198 Å². The molecular weight excluding hydrogens is 458 g/mol. The Kier molecular flexibility index (Phi) is 4.93. The summed E-state index contributed by atoms with van der Waals surface area (Å²) in [6, 6.07) is 11.0. The van der Waals surface area contributed by atoms with Gasteiger partial charge in [-0.25, -0.2) is 14.8 Å². The molecule has 1 N–H and O–H groups in total. The van der Waals surface area contributed by atoms with E-state index in [0.717, 1.165) is 16.8 Å². The summed E-state index contributed by atoms with van der Waals surface area (Å²) in [5, 5.41) is 11.4. The van der Waals surface area contributed by atoms with Gasteiger partial charge in [0.25, 0.3) is 0 Å². The number of carboxylic acid groups (broad SMARTS) is 1. The first-order valence-electron chi connectivity index (χ1n) is 10.7. The average molecular weight is 476 g/mol. The SMILES string of the molecule is O=C(O)c1cc(N2CCOCC2)cc2c1nc(-c1cnco1)n2-c1ccnc2c(Cl)cccc12. The van der Waals surface area contributed by atoms with E-state index in [-0.39, 0.29) is 5.56 Å². The summed E-state index contributed by atoms with van der Waals surface area (Å²) in [6.45, 7) is 2.50. The molecule has 5 aromatic rings. The monoisotopic (exact) mass is 475 g/mol. The summed E-state index contributed by atoms with van der Waals surface area (Å²) in [5.74, 6) is -0.217. The second-order valence-electron chi connectivity index (χ2n) is 7.87. The Morgan fingerprint density at radius 2 is 1.97 bits per heavy atom. The number of hydrogen-bond donors (Lipinski definition) is 1. The third-order valence-electron chi connectivity index (χ3n) is 5.94. The van der Waals surface area contributed by atoms with E-state index in [1.165, 1.54) is 6.39 Å². The quantitative estimate of drug-likeness (QED) is 0.407. The van der Waals surface area contributed by atoms with Crippen LogP contribution in [0.1, 0.15) is 10.4 Å². The van der Waals surface area contributed by atoms with E-state index in [1.807, 2.05) is 28.8 Å². The summed E-state index contributed by atoms with van der Waals surface area (Å²) in [6.07, 6.45) is 4.54. The largest absolute Gasteiger partial charge is 0.478 e. The van der Waals surface area contributed by atoms with Crippen LogP contribution < -0.4 is 4.90 Å². The molecule has 0 spiro atoms. The molecule has 0 unspecified atom stereocenters. The molecule has 0 amide bonds. The minimum absolute atomic E-state index is 0.106. The summed E-state index contributed by atoms with van der Waals surface area (Å²) in [4.78, 5) is 27.6. The van der Waals surface area contributed by atoms with Crippen molar-refractivity contribution in [3.63, 3.8) is 0 Å². The van der Waals surface area contributed by atoms with Crippen LogP contribution in [0.15, 0.2) is 59.6 Å². The maximum absolute atomic E-state index is 12.3. The van der Waals surface area contributed by atoms with Gasteiger partial charge < -0.3 is 19.2 Å². The molecule has 1 saturated heterocycles. The molecule has 4 heterocycles. The fourth-order valence-corrected chi connectivity index (χ4v) is 4.61. The van der Waals surface area contributed by atoms with Gasteiger partial charge in [-0.3, -0.25) is 9.55 Å². The molecule has 0 saturated carbocycles. The molecule has 2 aromatic carbocycles. The minimum Gasteiger partial charge on any atom is -0.478 e. The second kappa shape index (κ2) is 8.12. The van der Waals surface area contributed by atoms with E-state index in [9.17, 15) is 9.90 Å². The van der Waals surface area contributed by atoms with Crippen molar-refractivity contribution in [2.45, 2.75) is 0 Å². The maximum Gasteiger partial charge on any atom is 0.338 e. The van der Waals surface area contributed by atoms with Gasteiger partial charge in [0.2, 0.25) is 0 Å². The van der Waals surface area contributed by atoms with Gasteiger partial charge in [-0.05, 0) is 24.3 Å². The molecule has 34 heavy (non-hydrogen) atoms. The highest BCUT2D eigenvalue weighted by molar-refractivity contribution is 6.35. The lowest BCUT2D eigenvalue weighted by molar-refractivity contribution is 0.0699. The van der Waals surface area contributed by atoms with Crippen molar-refractivity contribution in [3.8, 4) is 17.3 Å². The predicted octanol–water partition coefficient (Wildman–Crippen LogP) is 4.42. The van der Waals surface area contributed by atoms with Crippen LogP contribution >= 0.6 is 11.6 Å². The van der Waals surface area contributed by atoms with E-state index in [2.05, 4.69) is 14.9 Å². The lowest BCUT2D eigenvalue weighted by Gasteiger charge is -2.29. The third kappa shape index (κ3) is 3.28. The van der Waals surface area contributed by atoms with Gasteiger partial charge in [0.05, 0.1) is 46.7 Å². The highest BCUT2D eigenvalue weighted by Crippen LogP contribution is 2.36. The normalized spacial score (nSPS) is 14.2. The topological polar surface area (TPSA) is 107 Å². The number of oxazole rings is 1. The number of rotatable bonds is 4. The summed E-state index contributed by atoms with van der Waals surface area (Å²) in [7, 11) is 0. The zero-order chi connectivity index (χ0) is 23.2. The number of carboxylic acids is 1. The smallest absolute Gasteiger partial charge is 0.338 e. The Balaban J connectivity index is 1.72. The van der Waals surface area contributed by atoms with Gasteiger partial charge >= 0.3 is 5.97 Å². The number of morpholine rings is 1. The molecule has 0 aliphatic carbocycles. The summed E-state index contributed by atoms with van der Waals surface area (Å²) < 4.78 is 12.9. The first-order valence-corrected chi connectivity index (χ1v) is 11.0. The van der Waals surface area contributed by atoms with E-state index in [4.69, 9.17) is 25.7 Å². The van der Waals surface area contributed by atoms with E-state index in [1.54, 1.807) is 24.5 Å². The molecule has 1 aliphatic heterocycles. The lowest BCUT2D eigenvalue weighted by atomic mass is 10.1. The number of carbonyl (C=O) groups is 1. The average Bonchev–Trinajstić information content (AvgIpc) is 3.52. The van der Waals surface area contributed by atoms with Crippen molar-refractivity contribution in [3.05, 3.63) is 65.8 Å². The molecule has 0 atom stereocenters. The van der Waals surface area contributed by atoms with Crippen LogP contribution in [0.4, 0.5) is 5.69 Å². The van der Waals surface area contributed by atoms with Crippen molar-refractivity contribution in [2.75, 3.05) is 31.2 Å². The number of fused-ring (bicyclic) bond motifs is 2. The highest BCUT2D eigenvalue weighted by atomic mass is 35.5. The van der Waals surface area contributed by atoms with Crippen LogP contribution in [0.3, 0.4) is 0 Å². The summed E-state index contributed by atoms with van der Waals surface area (Å²) >= 11 is 6.43. The Hall–Kier alpha value is -3.95. The lowest BCUT2D eigenvalue weighted by Crippen LogP contribution is -2.36. The maximum atomic E-state index is 12.3. The predicted molar refractivity (Wildman–Crippen MR) is 127 cm³/mol. The minimum atomic E-state index is -1.06.